The van der Waals surface area contributed by atoms with Crippen LogP contribution in [0, 0.1) is 0 Å². The standard InChI is InChI=1S/C24H26ClN3O2/c1-26(2)20-10-12-27(16-20)23-9-8-19(14-22(23)25)28-13-11-21(15-24(28)29)30-17-18-6-4-3-5-7-18/h3-9,11,13-15,20H,10,12,16-17H2,1-2H3. The zero-order chi connectivity index (χ0) is 21.1. The molecule has 1 saturated heterocycles. The highest BCUT2D eigenvalue weighted by Crippen LogP contribution is 2.31. The minimum absolute atomic E-state index is 0.154. The predicted molar refractivity (Wildman–Crippen MR) is 122 cm³/mol. The first-order chi connectivity index (χ1) is 14.5. The van der Waals surface area contributed by atoms with E-state index >= 15 is 0 Å². The maximum absolute atomic E-state index is 12.6. The maximum atomic E-state index is 12.6. The van der Waals surface area contributed by atoms with Gasteiger partial charge in [0.15, 0.2) is 0 Å². The molecule has 156 valence electrons. The van der Waals surface area contributed by atoms with Gasteiger partial charge in [0.05, 0.1) is 16.4 Å². The molecule has 0 radical (unpaired) electrons. The van der Waals surface area contributed by atoms with Crippen molar-refractivity contribution in [1.82, 2.24) is 9.47 Å². The molecule has 3 aromatic rings. The summed E-state index contributed by atoms with van der Waals surface area (Å²) in [7, 11) is 4.22. The SMILES string of the molecule is CN(C)C1CCN(c2ccc(-n3ccc(OCc4ccccc4)cc3=O)cc2Cl)C1. The summed E-state index contributed by atoms with van der Waals surface area (Å²) in [6.45, 7) is 2.36. The van der Waals surface area contributed by atoms with Crippen LogP contribution in [0.3, 0.4) is 0 Å². The first-order valence-corrected chi connectivity index (χ1v) is 10.5. The minimum atomic E-state index is -0.154. The van der Waals surface area contributed by atoms with Gasteiger partial charge in [0, 0.05) is 31.4 Å². The van der Waals surface area contributed by atoms with Gasteiger partial charge in [-0.15, -0.1) is 0 Å². The van der Waals surface area contributed by atoms with Gasteiger partial charge in [-0.1, -0.05) is 41.9 Å². The molecular formula is C24H26ClN3O2. The molecule has 0 saturated carbocycles. The largest absolute Gasteiger partial charge is 0.489 e. The zero-order valence-corrected chi connectivity index (χ0v) is 18.0. The number of rotatable bonds is 6. The van der Waals surface area contributed by atoms with Crippen LogP contribution >= 0.6 is 11.6 Å². The van der Waals surface area contributed by atoms with E-state index in [0.29, 0.717) is 23.4 Å². The zero-order valence-electron chi connectivity index (χ0n) is 17.3. The number of anilines is 1. The van der Waals surface area contributed by atoms with E-state index in [1.165, 1.54) is 6.07 Å². The van der Waals surface area contributed by atoms with Crippen LogP contribution < -0.4 is 15.2 Å². The lowest BCUT2D eigenvalue weighted by Crippen LogP contribution is -2.31. The highest BCUT2D eigenvalue weighted by atomic mass is 35.5. The average Bonchev–Trinajstić information content (AvgIpc) is 3.23. The molecule has 0 aliphatic carbocycles. The van der Waals surface area contributed by atoms with Crippen molar-refractivity contribution in [3.63, 3.8) is 0 Å². The molecule has 1 aliphatic rings. The van der Waals surface area contributed by atoms with Crippen molar-refractivity contribution >= 4 is 17.3 Å². The van der Waals surface area contributed by atoms with E-state index in [-0.39, 0.29) is 5.56 Å². The molecule has 0 spiro atoms. The molecule has 2 aromatic carbocycles. The molecule has 2 heterocycles. The third kappa shape index (κ3) is 4.53. The van der Waals surface area contributed by atoms with E-state index in [1.54, 1.807) is 16.8 Å². The normalized spacial score (nSPS) is 16.3. The van der Waals surface area contributed by atoms with E-state index in [0.717, 1.165) is 36.4 Å². The monoisotopic (exact) mass is 423 g/mol. The summed E-state index contributed by atoms with van der Waals surface area (Å²) < 4.78 is 7.33. The van der Waals surface area contributed by atoms with Gasteiger partial charge in [-0.3, -0.25) is 9.36 Å². The Morgan fingerprint density at radius 2 is 1.90 bits per heavy atom. The molecule has 1 fully saturated rings. The molecule has 0 N–H and O–H groups in total. The van der Waals surface area contributed by atoms with E-state index < -0.39 is 0 Å². The quantitative estimate of drug-likeness (QED) is 0.595. The number of ether oxygens (including phenoxy) is 1. The Bertz CT molecular complexity index is 1070. The Hall–Kier alpha value is -2.76. The summed E-state index contributed by atoms with van der Waals surface area (Å²) in [5, 5.41) is 0.656. The van der Waals surface area contributed by atoms with Gasteiger partial charge in [-0.05, 0) is 50.3 Å². The van der Waals surface area contributed by atoms with Gasteiger partial charge in [0.25, 0.3) is 5.56 Å². The van der Waals surface area contributed by atoms with Crippen molar-refractivity contribution in [1.29, 1.82) is 0 Å². The number of benzene rings is 2. The van der Waals surface area contributed by atoms with Gasteiger partial charge in [0.1, 0.15) is 12.4 Å². The van der Waals surface area contributed by atoms with Crippen LogP contribution in [0.1, 0.15) is 12.0 Å². The lowest BCUT2D eigenvalue weighted by atomic mass is 10.2. The topological polar surface area (TPSA) is 37.7 Å². The molecule has 4 rings (SSSR count). The van der Waals surface area contributed by atoms with Gasteiger partial charge in [0.2, 0.25) is 0 Å². The molecule has 1 aliphatic heterocycles. The fourth-order valence-corrected chi connectivity index (χ4v) is 4.08. The molecule has 5 nitrogen and oxygen atoms in total. The van der Waals surface area contributed by atoms with Crippen molar-refractivity contribution in [3.05, 3.63) is 87.8 Å². The Balaban J connectivity index is 1.49. The van der Waals surface area contributed by atoms with Gasteiger partial charge in [-0.2, -0.15) is 0 Å². The number of nitrogens with zero attached hydrogens (tertiary/aromatic N) is 3. The van der Waals surface area contributed by atoms with Crippen molar-refractivity contribution in [2.75, 3.05) is 32.1 Å². The Morgan fingerprint density at radius 1 is 1.10 bits per heavy atom. The molecule has 1 unspecified atom stereocenters. The lowest BCUT2D eigenvalue weighted by Gasteiger charge is -2.23. The van der Waals surface area contributed by atoms with Crippen molar-refractivity contribution < 1.29 is 4.74 Å². The number of halogens is 1. The molecule has 30 heavy (non-hydrogen) atoms. The summed E-state index contributed by atoms with van der Waals surface area (Å²) in [6.07, 6.45) is 2.85. The van der Waals surface area contributed by atoms with Crippen LogP contribution in [0.15, 0.2) is 71.7 Å². The lowest BCUT2D eigenvalue weighted by molar-refractivity contribution is 0.305. The molecule has 0 bridgehead atoms. The first-order valence-electron chi connectivity index (χ1n) is 10.1. The van der Waals surface area contributed by atoms with Crippen molar-refractivity contribution in [2.24, 2.45) is 0 Å². The van der Waals surface area contributed by atoms with Gasteiger partial charge >= 0.3 is 0 Å². The van der Waals surface area contributed by atoms with Gasteiger partial charge in [-0.25, -0.2) is 0 Å². The van der Waals surface area contributed by atoms with Crippen LogP contribution in [-0.4, -0.2) is 42.7 Å². The first kappa shape index (κ1) is 20.5. The average molecular weight is 424 g/mol. The summed E-state index contributed by atoms with van der Waals surface area (Å²) in [6, 6.07) is 19.5. The van der Waals surface area contributed by atoms with E-state index in [4.69, 9.17) is 16.3 Å². The smallest absolute Gasteiger partial charge is 0.258 e. The fourth-order valence-electron chi connectivity index (χ4n) is 3.79. The number of hydrogen-bond acceptors (Lipinski definition) is 4. The van der Waals surface area contributed by atoms with E-state index in [2.05, 4.69) is 23.9 Å². The van der Waals surface area contributed by atoms with Crippen LogP contribution in [-0.2, 0) is 6.61 Å². The molecule has 1 aromatic heterocycles. The van der Waals surface area contributed by atoms with Crippen LogP contribution in [0.25, 0.3) is 5.69 Å². The molecule has 1 atom stereocenters. The maximum Gasteiger partial charge on any atom is 0.258 e. The predicted octanol–water partition coefficient (Wildman–Crippen LogP) is 4.21. The second-order valence-electron chi connectivity index (χ2n) is 7.83. The number of aromatic nitrogens is 1. The Morgan fingerprint density at radius 3 is 2.57 bits per heavy atom. The minimum Gasteiger partial charge on any atom is -0.489 e. The second kappa shape index (κ2) is 8.94. The number of hydrogen-bond donors (Lipinski definition) is 0. The van der Waals surface area contributed by atoms with E-state index in [9.17, 15) is 4.79 Å². The third-order valence-electron chi connectivity index (χ3n) is 5.58. The summed E-state index contributed by atoms with van der Waals surface area (Å²) >= 11 is 6.59. The molecule has 0 amide bonds. The van der Waals surface area contributed by atoms with Crippen LogP contribution in [0.4, 0.5) is 5.69 Å². The Kier molecular flexibility index (Phi) is 6.11. The summed E-state index contributed by atoms with van der Waals surface area (Å²) in [5.41, 5.74) is 2.66. The highest BCUT2D eigenvalue weighted by molar-refractivity contribution is 6.33. The van der Waals surface area contributed by atoms with Crippen molar-refractivity contribution in [3.8, 4) is 11.4 Å². The van der Waals surface area contributed by atoms with Crippen LogP contribution in [0.2, 0.25) is 5.02 Å². The van der Waals surface area contributed by atoms with Crippen LogP contribution in [0.5, 0.6) is 5.75 Å². The van der Waals surface area contributed by atoms with Gasteiger partial charge < -0.3 is 14.5 Å². The Labute approximate surface area is 182 Å². The fraction of sp³-hybridized carbons (Fsp3) is 0.292. The highest BCUT2D eigenvalue weighted by Gasteiger charge is 2.25. The number of likely N-dealkylation sites (N-methyl/N-ethyl adjacent to an activating group) is 1. The summed E-state index contributed by atoms with van der Waals surface area (Å²) in [4.78, 5) is 17.2. The second-order valence-corrected chi connectivity index (χ2v) is 8.24. The van der Waals surface area contributed by atoms with E-state index in [1.807, 2.05) is 48.5 Å². The third-order valence-corrected chi connectivity index (χ3v) is 5.89. The number of pyridine rings is 1. The van der Waals surface area contributed by atoms with Crippen molar-refractivity contribution in [2.45, 2.75) is 19.1 Å². The molecule has 6 heteroatoms. The summed E-state index contributed by atoms with van der Waals surface area (Å²) in [5.74, 6) is 0.551. The molecular weight excluding hydrogens is 398 g/mol.